The number of benzene rings is 2. The number of nitrogens with zero attached hydrogens (tertiary/aromatic N) is 1. The van der Waals surface area contributed by atoms with Crippen molar-refractivity contribution in [1.82, 2.24) is 0 Å². The molecule has 0 spiro atoms. The van der Waals surface area contributed by atoms with Gasteiger partial charge in [-0.15, -0.1) is 0 Å². The van der Waals surface area contributed by atoms with Crippen molar-refractivity contribution in [2.75, 3.05) is 11.9 Å². The van der Waals surface area contributed by atoms with E-state index in [0.29, 0.717) is 6.42 Å². The van der Waals surface area contributed by atoms with Crippen LogP contribution in [0.25, 0.3) is 0 Å². The molecular formula is C18H22BrNO. The zero-order chi connectivity index (χ0) is 15.5. The molecule has 0 fully saturated rings. The molecule has 2 aromatic carbocycles. The summed E-state index contributed by atoms with van der Waals surface area (Å²) >= 11 is 3.49. The summed E-state index contributed by atoms with van der Waals surface area (Å²) in [6.45, 7) is 2.90. The molecule has 0 aliphatic rings. The Labute approximate surface area is 135 Å². The molecule has 0 N–H and O–H groups in total. The highest BCUT2D eigenvalue weighted by molar-refractivity contribution is 9.10. The molecule has 0 unspecified atom stereocenters. The van der Waals surface area contributed by atoms with Gasteiger partial charge in [0.2, 0.25) is 0 Å². The van der Waals surface area contributed by atoms with E-state index in [9.17, 15) is 4.79 Å². The normalized spacial score (nSPS) is 9.48. The Morgan fingerprint density at radius 2 is 1.81 bits per heavy atom. The Kier molecular flexibility index (Phi) is 8.44. The fourth-order valence-electron chi connectivity index (χ4n) is 1.80. The van der Waals surface area contributed by atoms with E-state index in [2.05, 4.69) is 70.3 Å². The molecule has 0 aliphatic heterocycles. The van der Waals surface area contributed by atoms with Crippen molar-refractivity contribution in [2.45, 2.75) is 26.3 Å². The molecule has 0 aromatic heterocycles. The van der Waals surface area contributed by atoms with E-state index in [0.717, 1.165) is 23.7 Å². The minimum absolute atomic E-state index is 0.708. The maximum Gasteiger partial charge on any atom is 0.119 e. The van der Waals surface area contributed by atoms with Gasteiger partial charge in [0.15, 0.2) is 0 Å². The summed E-state index contributed by atoms with van der Waals surface area (Å²) in [5.41, 5.74) is 2.54. The molecule has 21 heavy (non-hydrogen) atoms. The van der Waals surface area contributed by atoms with Crippen LogP contribution in [-0.4, -0.2) is 13.3 Å². The first kappa shape index (κ1) is 17.4. The Balaban J connectivity index is 0.000000383. The second kappa shape index (κ2) is 10.2. The van der Waals surface area contributed by atoms with E-state index < -0.39 is 0 Å². The first-order valence-corrected chi connectivity index (χ1v) is 7.91. The number of hydrogen-bond donors (Lipinski definition) is 0. The maximum atomic E-state index is 9.40. The topological polar surface area (TPSA) is 20.3 Å². The summed E-state index contributed by atoms with van der Waals surface area (Å²) in [7, 11) is 2.11. The monoisotopic (exact) mass is 347 g/mol. The minimum Gasteiger partial charge on any atom is -0.370 e. The second-order valence-electron chi connectivity index (χ2n) is 4.78. The number of carbonyl (C=O) groups is 1. The lowest BCUT2D eigenvalue weighted by Crippen LogP contribution is -2.15. The van der Waals surface area contributed by atoms with Crippen molar-refractivity contribution in [3.8, 4) is 0 Å². The third kappa shape index (κ3) is 7.09. The van der Waals surface area contributed by atoms with Crippen molar-refractivity contribution in [1.29, 1.82) is 0 Å². The standard InChI is InChI=1S/C14H14BrN.C4H8O/c1-16(14-8-3-2-4-9-14)11-12-6-5-7-13(15)10-12;1-2-3-4-5/h2-10H,11H2,1H3;4H,2-3H2,1H3. The highest BCUT2D eigenvalue weighted by atomic mass is 79.9. The summed E-state index contributed by atoms with van der Waals surface area (Å²) in [4.78, 5) is 11.6. The van der Waals surface area contributed by atoms with Crippen molar-refractivity contribution in [3.63, 3.8) is 0 Å². The van der Waals surface area contributed by atoms with Crippen LogP contribution in [0.4, 0.5) is 5.69 Å². The van der Waals surface area contributed by atoms with Crippen LogP contribution in [0.1, 0.15) is 25.3 Å². The number of aldehydes is 1. The van der Waals surface area contributed by atoms with Crippen LogP contribution >= 0.6 is 15.9 Å². The molecule has 0 atom stereocenters. The van der Waals surface area contributed by atoms with Gasteiger partial charge < -0.3 is 9.69 Å². The van der Waals surface area contributed by atoms with Crippen LogP contribution in [0, 0.1) is 0 Å². The number of rotatable bonds is 5. The summed E-state index contributed by atoms with van der Waals surface area (Å²) in [5, 5.41) is 0. The first-order valence-electron chi connectivity index (χ1n) is 7.11. The van der Waals surface area contributed by atoms with Crippen molar-refractivity contribution in [3.05, 3.63) is 64.6 Å². The zero-order valence-electron chi connectivity index (χ0n) is 12.6. The van der Waals surface area contributed by atoms with Gasteiger partial charge in [-0.25, -0.2) is 0 Å². The Hall–Kier alpha value is -1.61. The molecular weight excluding hydrogens is 326 g/mol. The molecule has 0 radical (unpaired) electrons. The van der Waals surface area contributed by atoms with Crippen LogP contribution in [0.2, 0.25) is 0 Å². The van der Waals surface area contributed by atoms with Gasteiger partial charge in [0.1, 0.15) is 6.29 Å². The van der Waals surface area contributed by atoms with Gasteiger partial charge in [-0.1, -0.05) is 53.2 Å². The van der Waals surface area contributed by atoms with Crippen LogP contribution in [0.15, 0.2) is 59.1 Å². The van der Waals surface area contributed by atoms with E-state index in [-0.39, 0.29) is 0 Å². The number of carbonyl (C=O) groups excluding carboxylic acids is 1. The SMILES string of the molecule is CCCC=O.CN(Cc1cccc(Br)c1)c1ccccc1. The molecule has 0 aliphatic carbocycles. The number of unbranched alkanes of at least 4 members (excludes halogenated alkanes) is 1. The lowest BCUT2D eigenvalue weighted by Gasteiger charge is -2.19. The van der Waals surface area contributed by atoms with Crippen LogP contribution in [0.5, 0.6) is 0 Å². The summed E-state index contributed by atoms with van der Waals surface area (Å²) in [6, 6.07) is 18.8. The van der Waals surface area contributed by atoms with Crippen LogP contribution < -0.4 is 4.90 Å². The van der Waals surface area contributed by atoms with E-state index in [1.807, 2.05) is 19.1 Å². The molecule has 112 valence electrons. The lowest BCUT2D eigenvalue weighted by atomic mass is 10.2. The minimum atomic E-state index is 0.708. The zero-order valence-corrected chi connectivity index (χ0v) is 14.2. The molecule has 2 aromatic rings. The fraction of sp³-hybridized carbons (Fsp3) is 0.278. The summed E-state index contributed by atoms with van der Waals surface area (Å²) in [6.07, 6.45) is 2.61. The number of halogens is 1. The second-order valence-corrected chi connectivity index (χ2v) is 5.69. The van der Waals surface area contributed by atoms with Crippen molar-refractivity contribution >= 4 is 27.9 Å². The molecule has 0 saturated heterocycles. The lowest BCUT2D eigenvalue weighted by molar-refractivity contribution is -0.107. The Morgan fingerprint density at radius 3 is 2.33 bits per heavy atom. The van der Waals surface area contributed by atoms with Gasteiger partial charge >= 0.3 is 0 Å². The summed E-state index contributed by atoms with van der Waals surface area (Å²) in [5.74, 6) is 0. The fourth-order valence-corrected chi connectivity index (χ4v) is 2.25. The van der Waals surface area contributed by atoms with Gasteiger partial charge in [0.05, 0.1) is 0 Å². The van der Waals surface area contributed by atoms with E-state index >= 15 is 0 Å². The van der Waals surface area contributed by atoms with E-state index in [1.165, 1.54) is 11.3 Å². The predicted octanol–water partition coefficient (Wildman–Crippen LogP) is 5.07. The number of hydrogen-bond acceptors (Lipinski definition) is 2. The quantitative estimate of drug-likeness (QED) is 0.703. The van der Waals surface area contributed by atoms with E-state index in [4.69, 9.17) is 0 Å². The van der Waals surface area contributed by atoms with Gasteiger partial charge in [0, 0.05) is 30.2 Å². The maximum absolute atomic E-state index is 9.40. The van der Waals surface area contributed by atoms with Gasteiger partial charge in [-0.05, 0) is 36.2 Å². The van der Waals surface area contributed by atoms with E-state index in [1.54, 1.807) is 0 Å². The Bertz CT molecular complexity index is 528. The average molecular weight is 348 g/mol. The summed E-state index contributed by atoms with van der Waals surface area (Å²) < 4.78 is 1.13. The van der Waals surface area contributed by atoms with Crippen LogP contribution in [-0.2, 0) is 11.3 Å². The average Bonchev–Trinajstić information content (AvgIpc) is 2.49. The van der Waals surface area contributed by atoms with Gasteiger partial charge in [-0.3, -0.25) is 0 Å². The molecule has 2 nitrogen and oxygen atoms in total. The number of anilines is 1. The van der Waals surface area contributed by atoms with Crippen molar-refractivity contribution < 1.29 is 4.79 Å². The molecule has 0 heterocycles. The van der Waals surface area contributed by atoms with Gasteiger partial charge in [0.25, 0.3) is 0 Å². The molecule has 2 rings (SSSR count). The van der Waals surface area contributed by atoms with Gasteiger partial charge in [-0.2, -0.15) is 0 Å². The highest BCUT2D eigenvalue weighted by Crippen LogP contribution is 2.17. The first-order chi connectivity index (χ1) is 10.2. The third-order valence-electron chi connectivity index (χ3n) is 2.91. The third-order valence-corrected chi connectivity index (χ3v) is 3.41. The smallest absolute Gasteiger partial charge is 0.119 e. The molecule has 3 heteroatoms. The highest BCUT2D eigenvalue weighted by Gasteiger charge is 2.01. The predicted molar refractivity (Wildman–Crippen MR) is 93.7 cm³/mol. The molecule has 0 saturated carbocycles. The number of para-hydroxylation sites is 1. The van der Waals surface area contributed by atoms with Crippen LogP contribution in [0.3, 0.4) is 0 Å². The Morgan fingerprint density at radius 1 is 1.10 bits per heavy atom. The van der Waals surface area contributed by atoms with Crippen molar-refractivity contribution in [2.24, 2.45) is 0 Å². The largest absolute Gasteiger partial charge is 0.370 e. The molecule has 0 amide bonds. The molecule has 0 bridgehead atoms.